The maximum atomic E-state index is 15.6. The van der Waals surface area contributed by atoms with Crippen LogP contribution in [0, 0.1) is 0 Å². The highest BCUT2D eigenvalue weighted by molar-refractivity contribution is 5.15. The molecule has 0 saturated carbocycles. The van der Waals surface area contributed by atoms with E-state index in [0.717, 1.165) is 22.3 Å². The second-order valence-electron chi connectivity index (χ2n) is 9.98. The molecule has 9 nitrogen and oxygen atoms in total. The average molecular weight is 607 g/mol. The summed E-state index contributed by atoms with van der Waals surface area (Å²) >= 11 is 0. The van der Waals surface area contributed by atoms with Gasteiger partial charge in [-0.25, -0.2) is 43.5 Å². The van der Waals surface area contributed by atoms with Crippen molar-refractivity contribution in [1.29, 1.82) is 0 Å². The van der Waals surface area contributed by atoms with Gasteiger partial charge in [0.05, 0.1) is 0 Å². The Bertz CT molecular complexity index is 1320. The van der Waals surface area contributed by atoms with Gasteiger partial charge in [0.1, 0.15) is 39.1 Å². The quantitative estimate of drug-likeness (QED) is 0.0773. The van der Waals surface area contributed by atoms with E-state index in [2.05, 4.69) is 0 Å². The number of hydrogen-bond acceptors (Lipinski definition) is 9. The van der Waals surface area contributed by atoms with Crippen LogP contribution in [0.5, 0.6) is 0 Å². The van der Waals surface area contributed by atoms with Gasteiger partial charge in [-0.2, -0.15) is 0 Å². The SMILES string of the molecule is F[C@H]1O[C@H](COOCc2ccccc2)[C@H](OOCc2ccccc2)[C@H](OOCc2ccccc2)[C@H]1OOCc1ccccc1. The predicted octanol–water partition coefficient (Wildman–Crippen LogP) is 6.38. The van der Waals surface area contributed by atoms with Crippen molar-refractivity contribution in [1.82, 2.24) is 0 Å². The van der Waals surface area contributed by atoms with Crippen LogP contribution < -0.4 is 0 Å². The Morgan fingerprint density at radius 1 is 0.432 bits per heavy atom. The Hall–Kier alpha value is -3.55. The predicted molar refractivity (Wildman–Crippen MR) is 155 cm³/mol. The van der Waals surface area contributed by atoms with Gasteiger partial charge in [-0.05, 0) is 22.3 Å². The number of rotatable bonds is 17. The molecular weight excluding hydrogens is 571 g/mol. The van der Waals surface area contributed by atoms with Gasteiger partial charge in [-0.3, -0.25) is 0 Å². The summed E-state index contributed by atoms with van der Waals surface area (Å²) in [5.74, 6) is 0. The van der Waals surface area contributed by atoms with Gasteiger partial charge >= 0.3 is 0 Å². The Balaban J connectivity index is 1.28. The molecule has 1 saturated heterocycles. The molecule has 0 amide bonds. The van der Waals surface area contributed by atoms with Crippen LogP contribution in [0.1, 0.15) is 22.3 Å². The van der Waals surface area contributed by atoms with Crippen LogP contribution in [0.15, 0.2) is 121 Å². The molecule has 4 aromatic carbocycles. The number of benzene rings is 4. The summed E-state index contributed by atoms with van der Waals surface area (Å²) < 4.78 is 21.3. The molecule has 0 radical (unpaired) electrons. The van der Waals surface area contributed by atoms with E-state index in [0.29, 0.717) is 0 Å². The highest BCUT2D eigenvalue weighted by Gasteiger charge is 2.51. The smallest absolute Gasteiger partial charge is 0.231 e. The molecule has 0 aliphatic carbocycles. The van der Waals surface area contributed by atoms with Crippen LogP contribution in [-0.2, 0) is 70.3 Å². The maximum absolute atomic E-state index is 15.6. The van der Waals surface area contributed by atoms with E-state index in [1.165, 1.54) is 0 Å². The normalized spacial score (nSPS) is 21.7. The van der Waals surface area contributed by atoms with Gasteiger partial charge in [0.15, 0.2) is 18.3 Å². The van der Waals surface area contributed by atoms with Gasteiger partial charge < -0.3 is 4.74 Å². The highest BCUT2D eigenvalue weighted by atomic mass is 19.1. The molecule has 1 heterocycles. The highest BCUT2D eigenvalue weighted by Crippen LogP contribution is 2.30. The third-order valence-electron chi connectivity index (χ3n) is 6.70. The van der Waals surface area contributed by atoms with Crippen LogP contribution >= 0.6 is 0 Å². The fraction of sp³-hybridized carbons (Fsp3) is 0.294. The Kier molecular flexibility index (Phi) is 12.8. The largest absolute Gasteiger partial charge is 0.337 e. The lowest BCUT2D eigenvalue weighted by atomic mass is 10.00. The van der Waals surface area contributed by atoms with Crippen molar-refractivity contribution in [2.75, 3.05) is 6.61 Å². The Labute approximate surface area is 255 Å². The molecule has 5 rings (SSSR count). The topological polar surface area (TPSA) is 83.1 Å². The molecule has 4 aromatic rings. The zero-order valence-electron chi connectivity index (χ0n) is 24.0. The first-order valence-electron chi connectivity index (χ1n) is 14.3. The lowest BCUT2D eigenvalue weighted by molar-refractivity contribution is -0.478. The zero-order chi connectivity index (χ0) is 30.2. The van der Waals surface area contributed by atoms with Crippen LogP contribution in [-0.4, -0.2) is 37.4 Å². The molecule has 0 N–H and O–H groups in total. The second kappa shape index (κ2) is 17.7. The first-order valence-corrected chi connectivity index (χ1v) is 14.3. The molecule has 0 spiro atoms. The molecule has 232 valence electrons. The molecule has 0 bridgehead atoms. The van der Waals surface area contributed by atoms with Crippen molar-refractivity contribution in [3.8, 4) is 0 Å². The third kappa shape index (κ3) is 10.00. The minimum atomic E-state index is -1.99. The first-order chi connectivity index (χ1) is 21.8. The number of halogens is 1. The summed E-state index contributed by atoms with van der Waals surface area (Å²) in [5.41, 5.74) is 3.45. The van der Waals surface area contributed by atoms with Crippen molar-refractivity contribution < 1.29 is 48.2 Å². The van der Waals surface area contributed by atoms with E-state index in [1.807, 2.05) is 121 Å². The van der Waals surface area contributed by atoms with E-state index in [4.69, 9.17) is 43.8 Å². The van der Waals surface area contributed by atoms with Crippen LogP contribution in [0.4, 0.5) is 4.39 Å². The van der Waals surface area contributed by atoms with E-state index >= 15 is 4.39 Å². The molecule has 5 atom stereocenters. The summed E-state index contributed by atoms with van der Waals surface area (Å²) in [6.07, 6.45) is -6.70. The van der Waals surface area contributed by atoms with Crippen molar-refractivity contribution in [2.45, 2.75) is 57.2 Å². The lowest BCUT2D eigenvalue weighted by Gasteiger charge is -2.40. The minimum absolute atomic E-state index is 0.0670. The number of hydrogen-bond donors (Lipinski definition) is 0. The standard InChI is InChI=1S/C34H35FO9/c35-34-33(44-40-24-29-19-11-4-12-20-29)32(43-39-23-28-17-9-3-10-18-28)31(42-38-22-27-15-7-2-8-16-27)30(41-34)25-37-36-21-26-13-5-1-6-14-26/h1-20,30-34H,21-25H2/t30-,31+,32+,33-,34+/m1/s1. The molecule has 1 aliphatic heterocycles. The van der Waals surface area contributed by atoms with Crippen molar-refractivity contribution in [3.63, 3.8) is 0 Å². The summed E-state index contributed by atoms with van der Waals surface area (Å²) in [7, 11) is 0. The number of alkyl halides is 1. The fourth-order valence-corrected chi connectivity index (χ4v) is 4.39. The van der Waals surface area contributed by atoms with Crippen molar-refractivity contribution in [3.05, 3.63) is 144 Å². The van der Waals surface area contributed by atoms with E-state index < -0.39 is 30.8 Å². The van der Waals surface area contributed by atoms with Gasteiger partial charge in [0.2, 0.25) is 6.36 Å². The van der Waals surface area contributed by atoms with E-state index in [1.54, 1.807) is 0 Å². The van der Waals surface area contributed by atoms with Crippen molar-refractivity contribution in [2.24, 2.45) is 0 Å². The summed E-state index contributed by atoms with van der Waals surface area (Å²) in [6.45, 7) is 0.246. The molecule has 44 heavy (non-hydrogen) atoms. The van der Waals surface area contributed by atoms with E-state index in [9.17, 15) is 0 Å². The summed E-state index contributed by atoms with van der Waals surface area (Å²) in [5, 5.41) is 0. The lowest BCUT2D eigenvalue weighted by Crippen LogP contribution is -2.60. The maximum Gasteiger partial charge on any atom is 0.231 e. The second-order valence-corrected chi connectivity index (χ2v) is 9.98. The molecule has 1 fully saturated rings. The van der Waals surface area contributed by atoms with Gasteiger partial charge in [0.25, 0.3) is 0 Å². The molecule has 1 aliphatic rings. The minimum Gasteiger partial charge on any atom is -0.337 e. The zero-order valence-corrected chi connectivity index (χ0v) is 24.0. The number of ether oxygens (including phenoxy) is 1. The molecule has 10 heteroatoms. The molecule has 0 unspecified atom stereocenters. The van der Waals surface area contributed by atoms with E-state index in [-0.39, 0.29) is 33.0 Å². The Morgan fingerprint density at radius 3 is 1.23 bits per heavy atom. The van der Waals surface area contributed by atoms with Gasteiger partial charge in [-0.15, -0.1) is 0 Å². The van der Waals surface area contributed by atoms with Gasteiger partial charge in [-0.1, -0.05) is 121 Å². The molecular formula is C34H35FO9. The summed E-state index contributed by atoms with van der Waals surface area (Å²) in [4.78, 5) is 44.5. The Morgan fingerprint density at radius 2 is 0.795 bits per heavy atom. The van der Waals surface area contributed by atoms with Crippen LogP contribution in [0.2, 0.25) is 0 Å². The fourth-order valence-electron chi connectivity index (χ4n) is 4.39. The van der Waals surface area contributed by atoms with Crippen molar-refractivity contribution >= 4 is 0 Å². The monoisotopic (exact) mass is 606 g/mol. The third-order valence-corrected chi connectivity index (χ3v) is 6.70. The average Bonchev–Trinajstić information content (AvgIpc) is 3.07. The van der Waals surface area contributed by atoms with Crippen LogP contribution in [0.25, 0.3) is 0 Å². The van der Waals surface area contributed by atoms with Crippen LogP contribution in [0.3, 0.4) is 0 Å². The first kappa shape index (κ1) is 31.9. The summed E-state index contributed by atoms with van der Waals surface area (Å²) in [6, 6.07) is 37.6. The molecule has 0 aromatic heterocycles. The van der Waals surface area contributed by atoms with Gasteiger partial charge in [0, 0.05) is 0 Å².